The first-order chi connectivity index (χ1) is 8.19. The van der Waals surface area contributed by atoms with Gasteiger partial charge in [0.05, 0.1) is 0 Å². The molecule has 90 valence electrons. The van der Waals surface area contributed by atoms with E-state index in [2.05, 4.69) is 26.1 Å². The molecule has 0 N–H and O–H groups in total. The van der Waals surface area contributed by atoms with E-state index < -0.39 is 0 Å². The average Bonchev–Trinajstić information content (AvgIpc) is 2.78. The third-order valence-corrected chi connectivity index (χ3v) is 2.82. The first kappa shape index (κ1) is 12.1. The van der Waals surface area contributed by atoms with Crippen LogP contribution in [0.4, 0.5) is 0 Å². The van der Waals surface area contributed by atoms with E-state index in [-0.39, 0.29) is 0 Å². The fourth-order valence-corrected chi connectivity index (χ4v) is 1.70. The molecule has 0 unspecified atom stereocenters. The molecule has 1 aromatic carbocycles. The van der Waals surface area contributed by atoms with Gasteiger partial charge in [-0.3, -0.25) is 0 Å². The molecule has 1 aromatic heterocycles. The quantitative estimate of drug-likeness (QED) is 0.869. The van der Waals surface area contributed by atoms with Gasteiger partial charge in [-0.25, -0.2) is 0 Å². The Kier molecular flexibility index (Phi) is 3.78. The Bertz CT molecular complexity index is 511. The van der Waals surface area contributed by atoms with Gasteiger partial charge in [-0.1, -0.05) is 34.1 Å². The second-order valence-corrected chi connectivity index (χ2v) is 4.57. The Morgan fingerprint density at radius 3 is 2.94 bits per heavy atom. The van der Waals surface area contributed by atoms with Crippen molar-refractivity contribution in [2.75, 3.05) is 0 Å². The van der Waals surface area contributed by atoms with E-state index in [0.717, 1.165) is 22.2 Å². The third kappa shape index (κ3) is 3.06. The maximum Gasteiger partial charge on any atom is 0.264 e. The monoisotopic (exact) mass is 296 g/mol. The number of rotatable bonds is 4. The molecule has 0 aliphatic heterocycles. The lowest BCUT2D eigenvalue weighted by atomic mass is 10.2. The zero-order valence-corrected chi connectivity index (χ0v) is 11.3. The standard InChI is InChI=1S/C12H13BrN2O2/c1-3-11-14-12(17-15-11)7-16-10-6-9(13)5-4-8(10)2/h4-6H,3,7H2,1-2H3. The maximum absolute atomic E-state index is 5.64. The van der Waals surface area contributed by atoms with Crippen LogP contribution in [0.15, 0.2) is 27.2 Å². The van der Waals surface area contributed by atoms with Crippen molar-refractivity contribution in [1.82, 2.24) is 10.1 Å². The van der Waals surface area contributed by atoms with Crippen molar-refractivity contribution in [3.63, 3.8) is 0 Å². The minimum absolute atomic E-state index is 0.296. The highest BCUT2D eigenvalue weighted by molar-refractivity contribution is 9.10. The number of hydrogen-bond donors (Lipinski definition) is 0. The summed E-state index contributed by atoms with van der Waals surface area (Å²) in [7, 11) is 0. The smallest absolute Gasteiger partial charge is 0.264 e. The van der Waals surface area contributed by atoms with Gasteiger partial charge < -0.3 is 9.26 Å². The summed E-state index contributed by atoms with van der Waals surface area (Å²) < 4.78 is 11.7. The van der Waals surface area contributed by atoms with Crippen LogP contribution in [0, 0.1) is 6.92 Å². The number of halogens is 1. The van der Waals surface area contributed by atoms with E-state index in [4.69, 9.17) is 9.26 Å². The number of aromatic nitrogens is 2. The van der Waals surface area contributed by atoms with Gasteiger partial charge in [0, 0.05) is 10.9 Å². The third-order valence-electron chi connectivity index (χ3n) is 2.33. The molecule has 2 aromatic rings. The highest BCUT2D eigenvalue weighted by atomic mass is 79.9. The van der Waals surface area contributed by atoms with Crippen molar-refractivity contribution in [1.29, 1.82) is 0 Å². The molecule has 0 spiro atoms. The summed E-state index contributed by atoms with van der Waals surface area (Å²) in [5, 5.41) is 3.81. The molecule has 1 heterocycles. The largest absolute Gasteiger partial charge is 0.483 e. The lowest BCUT2D eigenvalue weighted by molar-refractivity contribution is 0.241. The van der Waals surface area contributed by atoms with Crippen LogP contribution < -0.4 is 4.74 Å². The summed E-state index contributed by atoms with van der Waals surface area (Å²) >= 11 is 3.41. The van der Waals surface area contributed by atoms with E-state index in [1.165, 1.54) is 0 Å². The van der Waals surface area contributed by atoms with Gasteiger partial charge in [-0.2, -0.15) is 4.98 Å². The number of ether oxygens (including phenoxy) is 1. The summed E-state index contributed by atoms with van der Waals surface area (Å²) in [5.74, 6) is 2.02. The number of aryl methyl sites for hydroxylation is 2. The van der Waals surface area contributed by atoms with E-state index >= 15 is 0 Å². The summed E-state index contributed by atoms with van der Waals surface area (Å²) in [6.07, 6.45) is 0.763. The van der Waals surface area contributed by atoms with Crippen molar-refractivity contribution >= 4 is 15.9 Å². The fourth-order valence-electron chi connectivity index (χ4n) is 1.36. The van der Waals surface area contributed by atoms with E-state index in [1.807, 2.05) is 32.0 Å². The number of benzene rings is 1. The van der Waals surface area contributed by atoms with Crippen LogP contribution in [0.1, 0.15) is 24.2 Å². The Hall–Kier alpha value is -1.36. The maximum atomic E-state index is 5.64. The van der Waals surface area contributed by atoms with Crippen LogP contribution in [0.2, 0.25) is 0 Å². The van der Waals surface area contributed by atoms with Gasteiger partial charge in [0.25, 0.3) is 5.89 Å². The Balaban J connectivity index is 2.04. The minimum Gasteiger partial charge on any atom is -0.483 e. The van der Waals surface area contributed by atoms with Crippen molar-refractivity contribution in [3.05, 3.63) is 40.0 Å². The van der Waals surface area contributed by atoms with Crippen LogP contribution in [0.25, 0.3) is 0 Å². The molecule has 5 heteroatoms. The number of nitrogens with zero attached hydrogens (tertiary/aromatic N) is 2. The molecular formula is C12H13BrN2O2. The predicted octanol–water partition coefficient (Wildman–Crippen LogP) is 3.28. The highest BCUT2D eigenvalue weighted by Gasteiger charge is 2.06. The lowest BCUT2D eigenvalue weighted by Crippen LogP contribution is -1.97. The van der Waals surface area contributed by atoms with Crippen molar-refractivity contribution in [3.8, 4) is 5.75 Å². The molecule has 0 amide bonds. The summed E-state index contributed by atoms with van der Waals surface area (Å²) in [4.78, 5) is 4.18. The Labute approximate surface area is 108 Å². The van der Waals surface area contributed by atoms with E-state index in [9.17, 15) is 0 Å². The molecule has 0 fully saturated rings. The molecule has 0 saturated carbocycles. The van der Waals surface area contributed by atoms with Gasteiger partial charge >= 0.3 is 0 Å². The average molecular weight is 297 g/mol. The summed E-state index contributed by atoms with van der Waals surface area (Å²) in [6, 6.07) is 5.89. The normalized spacial score (nSPS) is 10.5. The lowest BCUT2D eigenvalue weighted by Gasteiger charge is -2.06. The van der Waals surface area contributed by atoms with Crippen molar-refractivity contribution < 1.29 is 9.26 Å². The second-order valence-electron chi connectivity index (χ2n) is 3.66. The van der Waals surface area contributed by atoms with Gasteiger partial charge in [-0.05, 0) is 24.6 Å². The van der Waals surface area contributed by atoms with E-state index in [0.29, 0.717) is 18.3 Å². The van der Waals surface area contributed by atoms with Gasteiger partial charge in [0.1, 0.15) is 5.75 Å². The Morgan fingerprint density at radius 1 is 1.41 bits per heavy atom. The van der Waals surface area contributed by atoms with Crippen molar-refractivity contribution in [2.45, 2.75) is 26.9 Å². The second kappa shape index (κ2) is 5.31. The van der Waals surface area contributed by atoms with Crippen LogP contribution in [-0.2, 0) is 13.0 Å². The fraction of sp³-hybridized carbons (Fsp3) is 0.333. The molecule has 0 aliphatic carbocycles. The topological polar surface area (TPSA) is 48.2 Å². The van der Waals surface area contributed by atoms with Gasteiger partial charge in [0.15, 0.2) is 12.4 Å². The van der Waals surface area contributed by atoms with Crippen molar-refractivity contribution in [2.24, 2.45) is 0 Å². The Morgan fingerprint density at radius 2 is 2.24 bits per heavy atom. The molecule has 0 saturated heterocycles. The van der Waals surface area contributed by atoms with E-state index in [1.54, 1.807) is 0 Å². The first-order valence-electron chi connectivity index (χ1n) is 5.39. The first-order valence-corrected chi connectivity index (χ1v) is 6.18. The summed E-state index contributed by atoms with van der Waals surface area (Å²) in [5.41, 5.74) is 1.07. The van der Waals surface area contributed by atoms with Crippen LogP contribution >= 0.6 is 15.9 Å². The van der Waals surface area contributed by atoms with Gasteiger partial charge in [-0.15, -0.1) is 0 Å². The molecule has 4 nitrogen and oxygen atoms in total. The summed E-state index contributed by atoms with van der Waals surface area (Å²) in [6.45, 7) is 4.27. The molecular weight excluding hydrogens is 284 g/mol. The molecule has 0 bridgehead atoms. The van der Waals surface area contributed by atoms with Crippen LogP contribution in [0.3, 0.4) is 0 Å². The molecule has 2 rings (SSSR count). The molecule has 17 heavy (non-hydrogen) atoms. The minimum atomic E-state index is 0.296. The SMILES string of the molecule is CCc1noc(COc2cc(Br)ccc2C)n1. The predicted molar refractivity (Wildman–Crippen MR) is 66.9 cm³/mol. The molecule has 0 aliphatic rings. The van der Waals surface area contributed by atoms with Crippen LogP contribution in [-0.4, -0.2) is 10.1 Å². The van der Waals surface area contributed by atoms with Gasteiger partial charge in [0.2, 0.25) is 0 Å². The van der Waals surface area contributed by atoms with Crippen LogP contribution in [0.5, 0.6) is 5.75 Å². The molecule has 0 atom stereocenters. The zero-order chi connectivity index (χ0) is 12.3. The number of hydrogen-bond acceptors (Lipinski definition) is 4. The highest BCUT2D eigenvalue weighted by Crippen LogP contribution is 2.23. The zero-order valence-electron chi connectivity index (χ0n) is 9.74. The molecule has 0 radical (unpaired) electrons.